The third kappa shape index (κ3) is 3.66. The second-order valence-corrected chi connectivity index (χ2v) is 7.12. The number of hydrogen-bond donors (Lipinski definition) is 1. The summed E-state index contributed by atoms with van der Waals surface area (Å²) in [5.41, 5.74) is 1.10. The van der Waals surface area contributed by atoms with Crippen molar-refractivity contribution in [1.82, 2.24) is 30.0 Å². The summed E-state index contributed by atoms with van der Waals surface area (Å²) in [5, 5.41) is 12.4. The Kier molecular flexibility index (Phi) is 4.92. The zero-order valence-electron chi connectivity index (χ0n) is 15.0. The molecule has 1 saturated heterocycles. The molecule has 0 radical (unpaired) electrons. The maximum Gasteiger partial charge on any atom is 0.225 e. The maximum absolute atomic E-state index is 4.53. The van der Waals surface area contributed by atoms with Gasteiger partial charge in [-0.05, 0) is 32.6 Å². The van der Waals surface area contributed by atoms with E-state index in [2.05, 4.69) is 41.9 Å². The lowest BCUT2D eigenvalue weighted by Gasteiger charge is -2.16. The molecular formula is C18H27N7. The Morgan fingerprint density at radius 3 is 2.56 bits per heavy atom. The molecule has 1 fully saturated rings. The van der Waals surface area contributed by atoms with Crippen LogP contribution in [0.3, 0.4) is 0 Å². The molecule has 7 nitrogen and oxygen atoms in total. The molecule has 0 bridgehead atoms. The number of hydrogen-bond acceptors (Lipinski definition) is 6. The topological polar surface area (TPSA) is 71.8 Å². The Morgan fingerprint density at radius 1 is 1.00 bits per heavy atom. The molecule has 2 aliphatic rings. The minimum absolute atomic E-state index is 0.164. The van der Waals surface area contributed by atoms with Crippen LogP contribution in [0.2, 0.25) is 0 Å². The van der Waals surface area contributed by atoms with Crippen molar-refractivity contribution in [2.75, 3.05) is 18.0 Å². The van der Waals surface area contributed by atoms with Gasteiger partial charge in [-0.3, -0.25) is 0 Å². The molecule has 0 aliphatic carbocycles. The molecule has 4 rings (SSSR count). The molecule has 2 aromatic rings. The van der Waals surface area contributed by atoms with Gasteiger partial charge < -0.3 is 14.8 Å². The molecule has 2 aromatic heterocycles. The van der Waals surface area contributed by atoms with E-state index in [1.807, 2.05) is 12.4 Å². The van der Waals surface area contributed by atoms with Gasteiger partial charge in [0.05, 0.1) is 6.04 Å². The fraction of sp³-hybridized carbons (Fsp3) is 0.667. The van der Waals surface area contributed by atoms with Crippen molar-refractivity contribution in [3.8, 4) is 0 Å². The van der Waals surface area contributed by atoms with Crippen LogP contribution in [0, 0.1) is 0 Å². The zero-order valence-corrected chi connectivity index (χ0v) is 15.0. The molecule has 0 unspecified atom stereocenters. The highest BCUT2D eigenvalue weighted by molar-refractivity contribution is 5.30. The number of fused-ring (bicyclic) bond motifs is 1. The third-order valence-corrected chi connectivity index (χ3v) is 5.22. The molecule has 4 heterocycles. The lowest BCUT2D eigenvalue weighted by molar-refractivity contribution is 0.501. The average Bonchev–Trinajstić information content (AvgIpc) is 3.26. The van der Waals surface area contributed by atoms with Gasteiger partial charge in [-0.2, -0.15) is 0 Å². The maximum atomic E-state index is 4.53. The first-order valence-corrected chi connectivity index (χ1v) is 9.52. The van der Waals surface area contributed by atoms with Crippen molar-refractivity contribution >= 4 is 5.95 Å². The molecule has 2 aliphatic heterocycles. The van der Waals surface area contributed by atoms with Gasteiger partial charge >= 0.3 is 0 Å². The van der Waals surface area contributed by atoms with Crippen LogP contribution in [-0.4, -0.2) is 37.8 Å². The summed E-state index contributed by atoms with van der Waals surface area (Å²) in [6.45, 7) is 6.09. The van der Waals surface area contributed by atoms with Crippen LogP contribution in [0.1, 0.15) is 62.3 Å². The summed E-state index contributed by atoms with van der Waals surface area (Å²) in [6, 6.07) is 0.164. The van der Waals surface area contributed by atoms with Crippen LogP contribution < -0.4 is 10.2 Å². The number of nitrogens with zero attached hydrogens (tertiary/aromatic N) is 6. The number of anilines is 1. The first kappa shape index (κ1) is 16.4. The summed E-state index contributed by atoms with van der Waals surface area (Å²) >= 11 is 0. The highest BCUT2D eigenvalue weighted by Gasteiger charge is 2.19. The van der Waals surface area contributed by atoms with Crippen molar-refractivity contribution in [2.24, 2.45) is 0 Å². The van der Waals surface area contributed by atoms with E-state index in [9.17, 15) is 0 Å². The monoisotopic (exact) mass is 341 g/mol. The van der Waals surface area contributed by atoms with Crippen molar-refractivity contribution in [3.63, 3.8) is 0 Å². The standard InChI is InChI=1S/C18H27N7/c1-14(17-23-22-16-7-3-2-4-10-25(16)17)19-11-15-12-20-18(21-13-15)24-8-5-6-9-24/h12-14,19H,2-11H2,1H3/t14-/m0/s1. The van der Waals surface area contributed by atoms with Crippen molar-refractivity contribution in [1.29, 1.82) is 0 Å². The lowest BCUT2D eigenvalue weighted by Crippen LogP contribution is -2.23. The number of aryl methyl sites for hydroxylation is 1. The van der Waals surface area contributed by atoms with Gasteiger partial charge in [-0.15, -0.1) is 10.2 Å². The Morgan fingerprint density at radius 2 is 1.76 bits per heavy atom. The summed E-state index contributed by atoms with van der Waals surface area (Å²) in [6.07, 6.45) is 11.1. The normalized spacial score (nSPS) is 18.8. The predicted molar refractivity (Wildman–Crippen MR) is 96.3 cm³/mol. The minimum atomic E-state index is 0.164. The second kappa shape index (κ2) is 7.47. The van der Waals surface area contributed by atoms with Crippen molar-refractivity contribution < 1.29 is 0 Å². The van der Waals surface area contributed by atoms with Crippen LogP contribution in [0.4, 0.5) is 5.95 Å². The van der Waals surface area contributed by atoms with E-state index >= 15 is 0 Å². The zero-order chi connectivity index (χ0) is 17.1. The van der Waals surface area contributed by atoms with Gasteiger partial charge in [0.1, 0.15) is 11.6 Å². The summed E-state index contributed by atoms with van der Waals surface area (Å²) in [5.74, 6) is 3.04. The third-order valence-electron chi connectivity index (χ3n) is 5.22. The van der Waals surface area contributed by atoms with Gasteiger partial charge in [0.25, 0.3) is 0 Å². The van der Waals surface area contributed by atoms with E-state index in [0.717, 1.165) is 55.8 Å². The molecule has 25 heavy (non-hydrogen) atoms. The van der Waals surface area contributed by atoms with Crippen LogP contribution >= 0.6 is 0 Å². The summed E-state index contributed by atoms with van der Waals surface area (Å²) < 4.78 is 2.30. The first-order chi connectivity index (χ1) is 12.3. The molecule has 134 valence electrons. The van der Waals surface area contributed by atoms with E-state index in [1.165, 1.54) is 32.1 Å². The molecule has 0 aromatic carbocycles. The SMILES string of the molecule is C[C@H](NCc1cnc(N2CCCC2)nc1)c1nnc2n1CCCCC2. The summed E-state index contributed by atoms with van der Waals surface area (Å²) in [7, 11) is 0. The highest BCUT2D eigenvalue weighted by Crippen LogP contribution is 2.19. The molecule has 0 amide bonds. The van der Waals surface area contributed by atoms with Crippen molar-refractivity contribution in [2.45, 2.75) is 64.6 Å². The largest absolute Gasteiger partial charge is 0.341 e. The van der Waals surface area contributed by atoms with E-state index in [4.69, 9.17) is 0 Å². The Hall–Kier alpha value is -2.02. The quantitative estimate of drug-likeness (QED) is 0.899. The Labute approximate surface area is 148 Å². The fourth-order valence-electron chi connectivity index (χ4n) is 3.71. The first-order valence-electron chi connectivity index (χ1n) is 9.52. The van der Waals surface area contributed by atoms with E-state index in [1.54, 1.807) is 0 Å². The van der Waals surface area contributed by atoms with Crippen molar-refractivity contribution in [3.05, 3.63) is 29.6 Å². The van der Waals surface area contributed by atoms with Gasteiger partial charge in [-0.1, -0.05) is 6.42 Å². The van der Waals surface area contributed by atoms with Gasteiger partial charge in [0, 0.05) is 50.6 Å². The minimum Gasteiger partial charge on any atom is -0.341 e. The number of aromatic nitrogens is 5. The van der Waals surface area contributed by atoms with Crippen LogP contribution in [-0.2, 0) is 19.5 Å². The van der Waals surface area contributed by atoms with Gasteiger partial charge in [0.15, 0.2) is 0 Å². The molecule has 0 saturated carbocycles. The van der Waals surface area contributed by atoms with Gasteiger partial charge in [0.2, 0.25) is 5.95 Å². The molecule has 1 N–H and O–H groups in total. The summed E-state index contributed by atoms with van der Waals surface area (Å²) in [4.78, 5) is 11.3. The number of rotatable bonds is 5. The fourth-order valence-corrected chi connectivity index (χ4v) is 3.71. The number of nitrogens with one attached hydrogen (secondary N) is 1. The Bertz CT molecular complexity index is 688. The lowest BCUT2D eigenvalue weighted by atomic mass is 10.2. The van der Waals surface area contributed by atoms with E-state index in [0.29, 0.717) is 0 Å². The molecule has 1 atom stereocenters. The van der Waals surface area contributed by atoms with Crippen LogP contribution in [0.25, 0.3) is 0 Å². The van der Waals surface area contributed by atoms with Crippen LogP contribution in [0.15, 0.2) is 12.4 Å². The second-order valence-electron chi connectivity index (χ2n) is 7.12. The predicted octanol–water partition coefficient (Wildman–Crippen LogP) is 2.25. The molecular weight excluding hydrogens is 314 g/mol. The Balaban J connectivity index is 1.37. The molecule has 0 spiro atoms. The molecule has 7 heteroatoms. The average molecular weight is 341 g/mol. The van der Waals surface area contributed by atoms with E-state index < -0.39 is 0 Å². The van der Waals surface area contributed by atoms with Gasteiger partial charge in [-0.25, -0.2) is 9.97 Å². The van der Waals surface area contributed by atoms with E-state index in [-0.39, 0.29) is 6.04 Å². The smallest absolute Gasteiger partial charge is 0.225 e. The highest BCUT2D eigenvalue weighted by atomic mass is 15.3. The van der Waals surface area contributed by atoms with Crippen LogP contribution in [0.5, 0.6) is 0 Å².